The monoisotopic (exact) mass is 447 g/mol. The molecule has 0 saturated heterocycles. The number of carbonyl (C=O) groups excluding carboxylic acids is 3. The highest BCUT2D eigenvalue weighted by atomic mass is 32.2. The molecule has 1 N–H and O–H groups in total. The summed E-state index contributed by atoms with van der Waals surface area (Å²) >= 11 is 1.37. The molecular weight excluding hydrogens is 426 g/mol. The molecule has 8 heteroatoms. The first kappa shape index (κ1) is 21.6. The number of esters is 1. The van der Waals surface area contributed by atoms with Crippen LogP contribution in [0.4, 0.5) is 11.4 Å². The van der Waals surface area contributed by atoms with Crippen LogP contribution in [-0.2, 0) is 4.74 Å². The first-order chi connectivity index (χ1) is 15.4. The molecule has 1 aromatic heterocycles. The van der Waals surface area contributed by atoms with Gasteiger partial charge in [0.2, 0.25) is 0 Å². The van der Waals surface area contributed by atoms with E-state index in [2.05, 4.69) is 15.0 Å². The number of hydrogen-bond acceptors (Lipinski definition) is 6. The highest BCUT2D eigenvalue weighted by Crippen LogP contribution is 2.41. The Kier molecular flexibility index (Phi) is 5.96. The largest absolute Gasteiger partial charge is 0.465 e. The van der Waals surface area contributed by atoms with Gasteiger partial charge >= 0.3 is 5.97 Å². The molecule has 162 valence electrons. The lowest BCUT2D eigenvalue weighted by Gasteiger charge is -2.27. The fourth-order valence-electron chi connectivity index (χ4n) is 3.44. The number of fused-ring (bicyclic) bond motifs is 2. The number of benzene rings is 2. The summed E-state index contributed by atoms with van der Waals surface area (Å²) in [6.07, 6.45) is 1.65. The second kappa shape index (κ2) is 8.84. The van der Waals surface area contributed by atoms with Gasteiger partial charge < -0.3 is 15.0 Å². The average molecular weight is 448 g/mol. The third kappa shape index (κ3) is 4.09. The van der Waals surface area contributed by atoms with Crippen molar-refractivity contribution in [3.8, 4) is 0 Å². The lowest BCUT2D eigenvalue weighted by Crippen LogP contribution is -2.37. The summed E-state index contributed by atoms with van der Waals surface area (Å²) in [7, 11) is 1.32. The minimum atomic E-state index is -0.441. The fraction of sp³-hybridized carbons (Fsp3) is 0.167. The summed E-state index contributed by atoms with van der Waals surface area (Å²) in [4.78, 5) is 44.5. The van der Waals surface area contributed by atoms with E-state index in [0.717, 1.165) is 10.6 Å². The Morgan fingerprint density at radius 2 is 1.78 bits per heavy atom. The van der Waals surface area contributed by atoms with Crippen LogP contribution in [0.2, 0.25) is 0 Å². The molecule has 0 fully saturated rings. The summed E-state index contributed by atoms with van der Waals surface area (Å²) in [5, 5.41) is 3.44. The molecule has 0 spiro atoms. The zero-order valence-corrected chi connectivity index (χ0v) is 18.6. The SMILES string of the molecule is COC(=O)c1ccc(NC(=O)c2ccc3c(c2)Sc2ncccc2C(=O)N3C(C)C)cc1. The van der Waals surface area contributed by atoms with Gasteiger partial charge in [-0.3, -0.25) is 9.59 Å². The number of ether oxygens (including phenoxy) is 1. The zero-order valence-electron chi connectivity index (χ0n) is 17.8. The van der Waals surface area contributed by atoms with Gasteiger partial charge in [-0.15, -0.1) is 0 Å². The zero-order chi connectivity index (χ0) is 22.8. The van der Waals surface area contributed by atoms with Crippen molar-refractivity contribution >= 4 is 40.9 Å². The Bertz CT molecular complexity index is 1210. The normalized spacial score (nSPS) is 12.6. The van der Waals surface area contributed by atoms with Crippen molar-refractivity contribution in [2.75, 3.05) is 17.3 Å². The Morgan fingerprint density at radius 1 is 1.06 bits per heavy atom. The maximum Gasteiger partial charge on any atom is 0.337 e. The van der Waals surface area contributed by atoms with E-state index in [1.165, 1.54) is 18.9 Å². The van der Waals surface area contributed by atoms with E-state index in [1.54, 1.807) is 65.7 Å². The average Bonchev–Trinajstić information content (AvgIpc) is 2.92. The molecule has 0 unspecified atom stereocenters. The van der Waals surface area contributed by atoms with E-state index in [4.69, 9.17) is 0 Å². The molecule has 0 radical (unpaired) electrons. The van der Waals surface area contributed by atoms with Crippen molar-refractivity contribution in [3.63, 3.8) is 0 Å². The lowest BCUT2D eigenvalue weighted by atomic mass is 10.1. The van der Waals surface area contributed by atoms with E-state index < -0.39 is 5.97 Å². The van der Waals surface area contributed by atoms with Crippen LogP contribution in [0.3, 0.4) is 0 Å². The number of rotatable bonds is 4. The van der Waals surface area contributed by atoms with Crippen LogP contribution < -0.4 is 10.2 Å². The molecule has 7 nitrogen and oxygen atoms in total. The van der Waals surface area contributed by atoms with Crippen molar-refractivity contribution in [1.82, 2.24) is 4.98 Å². The Labute approximate surface area is 189 Å². The number of carbonyl (C=O) groups is 3. The standard InChI is InChI=1S/C24H21N3O4S/c1-14(2)27-19-11-8-16(13-20(19)32-22-18(23(27)29)5-4-12-25-22)21(28)26-17-9-6-15(7-10-17)24(30)31-3/h4-14H,1-3H3,(H,26,28). The first-order valence-corrected chi connectivity index (χ1v) is 10.8. The lowest BCUT2D eigenvalue weighted by molar-refractivity contribution is 0.0600. The highest BCUT2D eigenvalue weighted by molar-refractivity contribution is 7.99. The third-order valence-corrected chi connectivity index (χ3v) is 6.05. The van der Waals surface area contributed by atoms with Crippen LogP contribution in [-0.4, -0.2) is 35.9 Å². The minimum absolute atomic E-state index is 0.0685. The number of aromatic nitrogens is 1. The fourth-order valence-corrected chi connectivity index (χ4v) is 4.48. The molecule has 1 aliphatic rings. The van der Waals surface area contributed by atoms with Gasteiger partial charge in [-0.1, -0.05) is 11.8 Å². The number of amides is 2. The molecule has 2 heterocycles. The van der Waals surface area contributed by atoms with E-state index >= 15 is 0 Å². The predicted octanol–water partition coefficient (Wildman–Crippen LogP) is 4.64. The van der Waals surface area contributed by atoms with Crippen LogP contribution in [0.5, 0.6) is 0 Å². The molecule has 0 atom stereocenters. The van der Waals surface area contributed by atoms with E-state index in [9.17, 15) is 14.4 Å². The van der Waals surface area contributed by atoms with Crippen LogP contribution in [0.15, 0.2) is 70.7 Å². The van der Waals surface area contributed by atoms with Gasteiger partial charge in [0.25, 0.3) is 11.8 Å². The molecule has 4 rings (SSSR count). The van der Waals surface area contributed by atoms with Crippen molar-refractivity contribution in [2.45, 2.75) is 29.8 Å². The second-order valence-electron chi connectivity index (χ2n) is 7.43. The molecule has 3 aromatic rings. The first-order valence-electron chi connectivity index (χ1n) is 9.99. The molecule has 32 heavy (non-hydrogen) atoms. The number of methoxy groups -OCH3 is 1. The number of pyridine rings is 1. The quantitative estimate of drug-likeness (QED) is 0.586. The van der Waals surface area contributed by atoms with Gasteiger partial charge in [-0.2, -0.15) is 0 Å². The van der Waals surface area contributed by atoms with Gasteiger partial charge in [-0.05, 0) is 68.4 Å². The summed E-state index contributed by atoms with van der Waals surface area (Å²) in [6, 6.07) is 15.2. The van der Waals surface area contributed by atoms with Gasteiger partial charge in [0.1, 0.15) is 5.03 Å². The van der Waals surface area contributed by atoms with Crippen LogP contribution in [0, 0.1) is 0 Å². The molecular formula is C24H21N3O4S. The van der Waals surface area contributed by atoms with Crippen molar-refractivity contribution < 1.29 is 19.1 Å². The topological polar surface area (TPSA) is 88.6 Å². The minimum Gasteiger partial charge on any atom is -0.465 e. The van der Waals surface area contributed by atoms with Gasteiger partial charge in [0.15, 0.2) is 0 Å². The van der Waals surface area contributed by atoms with Crippen LogP contribution in [0.25, 0.3) is 0 Å². The second-order valence-corrected chi connectivity index (χ2v) is 8.46. The number of hydrogen-bond donors (Lipinski definition) is 1. The predicted molar refractivity (Wildman–Crippen MR) is 122 cm³/mol. The summed E-state index contributed by atoms with van der Waals surface area (Å²) in [6.45, 7) is 3.90. The third-order valence-electron chi connectivity index (χ3n) is 4.99. The maximum absolute atomic E-state index is 13.2. The van der Waals surface area contributed by atoms with Gasteiger partial charge in [0.05, 0.1) is 23.9 Å². The van der Waals surface area contributed by atoms with Crippen molar-refractivity contribution in [3.05, 3.63) is 77.5 Å². The smallest absolute Gasteiger partial charge is 0.337 e. The Balaban J connectivity index is 1.64. The number of nitrogens with one attached hydrogen (secondary N) is 1. The summed E-state index contributed by atoms with van der Waals surface area (Å²) < 4.78 is 4.69. The Hall–Kier alpha value is -3.65. The molecule has 1 aliphatic heterocycles. The molecule has 0 saturated carbocycles. The van der Waals surface area contributed by atoms with Gasteiger partial charge in [-0.25, -0.2) is 9.78 Å². The molecule has 0 aliphatic carbocycles. The van der Waals surface area contributed by atoms with E-state index in [0.29, 0.717) is 27.4 Å². The van der Waals surface area contributed by atoms with Crippen LogP contribution >= 0.6 is 11.8 Å². The van der Waals surface area contributed by atoms with E-state index in [-0.39, 0.29) is 17.9 Å². The number of nitrogens with zero attached hydrogens (tertiary/aromatic N) is 2. The van der Waals surface area contributed by atoms with E-state index in [1.807, 2.05) is 13.8 Å². The van der Waals surface area contributed by atoms with Crippen molar-refractivity contribution in [1.29, 1.82) is 0 Å². The van der Waals surface area contributed by atoms with Crippen molar-refractivity contribution in [2.24, 2.45) is 0 Å². The Morgan fingerprint density at radius 3 is 2.47 bits per heavy atom. The molecule has 2 aromatic carbocycles. The highest BCUT2D eigenvalue weighted by Gasteiger charge is 2.30. The number of anilines is 2. The summed E-state index contributed by atoms with van der Waals surface area (Å²) in [5.41, 5.74) is 2.68. The summed E-state index contributed by atoms with van der Waals surface area (Å²) in [5.74, 6) is -0.854. The molecule has 0 bridgehead atoms. The maximum atomic E-state index is 13.2. The molecule has 2 amide bonds. The van der Waals surface area contributed by atoms with Crippen LogP contribution in [0.1, 0.15) is 44.9 Å². The van der Waals surface area contributed by atoms with Gasteiger partial charge in [0, 0.05) is 28.4 Å².